The molecule has 0 atom stereocenters. The highest BCUT2D eigenvalue weighted by Crippen LogP contribution is 2.21. The molecule has 0 aliphatic carbocycles. The first-order chi connectivity index (χ1) is 8.44. The van der Waals surface area contributed by atoms with Crippen LogP contribution in [0.25, 0.3) is 0 Å². The molecule has 1 heterocycles. The van der Waals surface area contributed by atoms with Gasteiger partial charge in [0.05, 0.1) is 0 Å². The van der Waals surface area contributed by atoms with E-state index in [9.17, 15) is 9.59 Å². The van der Waals surface area contributed by atoms with E-state index < -0.39 is 0 Å². The zero-order valence-electron chi connectivity index (χ0n) is 10.6. The van der Waals surface area contributed by atoms with E-state index >= 15 is 0 Å². The number of nitrogens with zero attached hydrogens (tertiary/aromatic N) is 1. The maximum Gasteiger partial charge on any atom is 0.271 e. The van der Waals surface area contributed by atoms with E-state index in [1.165, 1.54) is 12.1 Å². The number of aromatic nitrogens is 2. The highest BCUT2D eigenvalue weighted by Gasteiger charge is 2.19. The van der Waals surface area contributed by atoms with Crippen molar-refractivity contribution >= 4 is 17.5 Å². The van der Waals surface area contributed by atoms with Gasteiger partial charge in [0.25, 0.3) is 11.5 Å². The van der Waals surface area contributed by atoms with Crippen LogP contribution in [0.15, 0.2) is 16.9 Å². The summed E-state index contributed by atoms with van der Waals surface area (Å²) >= 11 is 5.65. The Balaban J connectivity index is 2.50. The second-order valence-corrected chi connectivity index (χ2v) is 5.32. The molecule has 1 aromatic heterocycles. The van der Waals surface area contributed by atoms with E-state index in [0.29, 0.717) is 12.4 Å². The first-order valence-electron chi connectivity index (χ1n) is 5.84. The summed E-state index contributed by atoms with van der Waals surface area (Å²) in [5, 5.41) is 8.70. The van der Waals surface area contributed by atoms with Crippen LogP contribution in [-0.4, -0.2) is 28.5 Å². The minimum atomic E-state index is -0.325. The topological polar surface area (TPSA) is 74.8 Å². The van der Waals surface area contributed by atoms with Crippen LogP contribution in [0.4, 0.5) is 0 Å². The Labute approximate surface area is 111 Å². The molecule has 0 fully saturated rings. The molecule has 0 aromatic carbocycles. The Morgan fingerprint density at radius 3 is 2.78 bits per heavy atom. The summed E-state index contributed by atoms with van der Waals surface area (Å²) in [5.74, 6) is 0.337. The Morgan fingerprint density at radius 2 is 2.22 bits per heavy atom. The van der Waals surface area contributed by atoms with Gasteiger partial charge < -0.3 is 5.32 Å². The van der Waals surface area contributed by atoms with Crippen LogP contribution in [0.1, 0.15) is 37.2 Å². The van der Waals surface area contributed by atoms with Crippen LogP contribution >= 0.6 is 11.6 Å². The van der Waals surface area contributed by atoms with E-state index in [1.807, 2.05) is 0 Å². The molecule has 0 radical (unpaired) electrons. The summed E-state index contributed by atoms with van der Waals surface area (Å²) in [4.78, 5) is 22.6. The summed E-state index contributed by atoms with van der Waals surface area (Å²) in [5.41, 5.74) is -0.121. The first kappa shape index (κ1) is 14.7. The van der Waals surface area contributed by atoms with Crippen molar-refractivity contribution < 1.29 is 4.79 Å². The van der Waals surface area contributed by atoms with Gasteiger partial charge in [0.15, 0.2) is 0 Å². The molecule has 5 nitrogen and oxygen atoms in total. The molecule has 2 N–H and O–H groups in total. The maximum absolute atomic E-state index is 11.8. The van der Waals surface area contributed by atoms with Crippen molar-refractivity contribution in [1.82, 2.24) is 15.5 Å². The van der Waals surface area contributed by atoms with Crippen molar-refractivity contribution in [2.24, 2.45) is 5.41 Å². The molecule has 18 heavy (non-hydrogen) atoms. The molecule has 0 bridgehead atoms. The second-order valence-electron chi connectivity index (χ2n) is 4.95. The lowest BCUT2D eigenvalue weighted by Gasteiger charge is -2.24. The first-order valence-corrected chi connectivity index (χ1v) is 6.38. The quantitative estimate of drug-likeness (QED) is 0.771. The van der Waals surface area contributed by atoms with Crippen molar-refractivity contribution in [1.29, 1.82) is 0 Å². The lowest BCUT2D eigenvalue weighted by atomic mass is 9.88. The van der Waals surface area contributed by atoms with Crippen molar-refractivity contribution in [2.75, 3.05) is 12.4 Å². The van der Waals surface area contributed by atoms with Gasteiger partial charge >= 0.3 is 0 Å². The zero-order chi connectivity index (χ0) is 13.6. The number of hydrogen-bond donors (Lipinski definition) is 2. The predicted octanol–water partition coefficient (Wildman–Crippen LogP) is 1.54. The number of halogens is 1. The minimum Gasteiger partial charge on any atom is -0.350 e. The van der Waals surface area contributed by atoms with Crippen molar-refractivity contribution in [3.8, 4) is 0 Å². The number of amides is 1. The van der Waals surface area contributed by atoms with Gasteiger partial charge in [-0.3, -0.25) is 9.59 Å². The average Bonchev–Trinajstić information content (AvgIpc) is 2.35. The van der Waals surface area contributed by atoms with Crippen LogP contribution < -0.4 is 10.9 Å². The molecular formula is C12H18ClN3O2. The molecule has 0 saturated carbocycles. The van der Waals surface area contributed by atoms with Gasteiger partial charge in [0, 0.05) is 18.5 Å². The summed E-state index contributed by atoms with van der Waals surface area (Å²) in [7, 11) is 0. The van der Waals surface area contributed by atoms with Crippen LogP contribution in [0.5, 0.6) is 0 Å². The Bertz CT molecular complexity index is 436. The number of hydrogen-bond acceptors (Lipinski definition) is 3. The summed E-state index contributed by atoms with van der Waals surface area (Å²) in [6.45, 7) is 4.68. The standard InChI is InChI=1S/C12H18ClN3O2/c1-12(2,6-3-7-13)8-14-11(18)9-4-5-10(17)16-15-9/h4-5H,3,6-8H2,1-2H3,(H,14,18)(H,16,17). The SMILES string of the molecule is CC(C)(CCCCl)CNC(=O)c1ccc(=O)[nH]n1. The van der Waals surface area contributed by atoms with Crippen LogP contribution in [0.2, 0.25) is 0 Å². The van der Waals surface area contributed by atoms with E-state index in [-0.39, 0.29) is 22.6 Å². The van der Waals surface area contributed by atoms with Gasteiger partial charge in [-0.15, -0.1) is 11.6 Å². The van der Waals surface area contributed by atoms with Crippen LogP contribution in [-0.2, 0) is 0 Å². The number of carbonyl (C=O) groups is 1. The molecule has 0 aliphatic heterocycles. The van der Waals surface area contributed by atoms with Gasteiger partial charge in [0.2, 0.25) is 0 Å². The second kappa shape index (κ2) is 6.54. The molecule has 1 aromatic rings. The fraction of sp³-hybridized carbons (Fsp3) is 0.583. The number of rotatable bonds is 6. The fourth-order valence-electron chi connectivity index (χ4n) is 1.51. The Kier molecular flexibility index (Phi) is 5.34. The largest absolute Gasteiger partial charge is 0.350 e. The summed E-state index contributed by atoms with van der Waals surface area (Å²) < 4.78 is 0. The minimum absolute atomic E-state index is 0.00720. The van der Waals surface area contributed by atoms with Gasteiger partial charge in [0.1, 0.15) is 5.69 Å². The lowest BCUT2D eigenvalue weighted by Crippen LogP contribution is -2.34. The normalized spacial score (nSPS) is 11.3. The highest BCUT2D eigenvalue weighted by molar-refractivity contribution is 6.17. The smallest absolute Gasteiger partial charge is 0.271 e. The number of nitrogens with one attached hydrogen (secondary N) is 2. The number of carbonyl (C=O) groups excluding carboxylic acids is 1. The Morgan fingerprint density at radius 1 is 1.50 bits per heavy atom. The van der Waals surface area contributed by atoms with Gasteiger partial charge in [-0.05, 0) is 24.3 Å². The zero-order valence-corrected chi connectivity index (χ0v) is 11.4. The third-order valence-electron chi connectivity index (χ3n) is 2.63. The summed E-state index contributed by atoms with van der Waals surface area (Å²) in [6.07, 6.45) is 1.86. The molecule has 100 valence electrons. The van der Waals surface area contributed by atoms with E-state index in [0.717, 1.165) is 12.8 Å². The molecule has 0 aliphatic rings. The van der Waals surface area contributed by atoms with E-state index in [4.69, 9.17) is 11.6 Å². The summed E-state index contributed by atoms with van der Waals surface area (Å²) in [6, 6.07) is 2.68. The molecule has 6 heteroatoms. The van der Waals surface area contributed by atoms with Gasteiger partial charge in [-0.2, -0.15) is 5.10 Å². The molecule has 0 saturated heterocycles. The van der Waals surface area contributed by atoms with E-state index in [1.54, 1.807) is 0 Å². The molecule has 1 amide bonds. The van der Waals surface area contributed by atoms with Gasteiger partial charge in [-0.25, -0.2) is 5.10 Å². The monoisotopic (exact) mass is 271 g/mol. The number of alkyl halides is 1. The van der Waals surface area contributed by atoms with Crippen molar-refractivity contribution in [2.45, 2.75) is 26.7 Å². The van der Waals surface area contributed by atoms with Gasteiger partial charge in [-0.1, -0.05) is 13.8 Å². The average molecular weight is 272 g/mol. The lowest BCUT2D eigenvalue weighted by molar-refractivity contribution is 0.0928. The fourth-order valence-corrected chi connectivity index (χ4v) is 1.65. The highest BCUT2D eigenvalue weighted by atomic mass is 35.5. The van der Waals surface area contributed by atoms with E-state index in [2.05, 4.69) is 29.4 Å². The third kappa shape index (κ3) is 4.87. The van der Waals surface area contributed by atoms with Crippen LogP contribution in [0.3, 0.4) is 0 Å². The third-order valence-corrected chi connectivity index (χ3v) is 2.89. The molecule has 0 spiro atoms. The van der Waals surface area contributed by atoms with Crippen molar-refractivity contribution in [3.63, 3.8) is 0 Å². The van der Waals surface area contributed by atoms with Crippen molar-refractivity contribution in [3.05, 3.63) is 28.2 Å². The molecular weight excluding hydrogens is 254 g/mol. The number of aromatic amines is 1. The maximum atomic E-state index is 11.8. The molecule has 0 unspecified atom stereocenters. The predicted molar refractivity (Wildman–Crippen MR) is 70.9 cm³/mol. The molecule has 1 rings (SSSR count). The Hall–Kier alpha value is -1.36. The van der Waals surface area contributed by atoms with Crippen LogP contribution in [0, 0.1) is 5.41 Å². The number of H-pyrrole nitrogens is 1.